The SMILES string of the molecule is COC(=O)[C@](C)(C(=O)O)C(C(=O)O)C(=O)O. The second-order valence-electron chi connectivity index (χ2n) is 3.11. The van der Waals surface area contributed by atoms with E-state index in [1.54, 1.807) is 0 Å². The fraction of sp³-hybridized carbons (Fsp3) is 0.500. The lowest BCUT2D eigenvalue weighted by Crippen LogP contribution is -2.50. The summed E-state index contributed by atoms with van der Waals surface area (Å²) in [7, 11) is 0.838. The van der Waals surface area contributed by atoms with Crippen molar-refractivity contribution >= 4 is 23.9 Å². The lowest BCUT2D eigenvalue weighted by molar-refractivity contribution is -0.182. The number of carboxylic acid groups (broad SMARTS) is 3. The molecule has 0 spiro atoms. The van der Waals surface area contributed by atoms with Crippen LogP contribution in [0.3, 0.4) is 0 Å². The molecule has 90 valence electrons. The number of ether oxygens (including phenoxy) is 1. The summed E-state index contributed by atoms with van der Waals surface area (Å²) in [5.41, 5.74) is -2.67. The standard InChI is InChI=1S/C8H10O8/c1-8(6(13)14,7(15)16-2)3(4(9)10)5(11)12/h3H,1-2H3,(H,9,10)(H,11,12)(H,13,14)/t8-/m0/s1. The van der Waals surface area contributed by atoms with E-state index >= 15 is 0 Å². The first-order chi connectivity index (χ1) is 7.19. The van der Waals surface area contributed by atoms with Crippen molar-refractivity contribution in [2.45, 2.75) is 6.92 Å². The number of aliphatic carboxylic acids is 3. The van der Waals surface area contributed by atoms with Gasteiger partial charge in [-0.1, -0.05) is 0 Å². The normalized spacial score (nSPS) is 13.9. The van der Waals surface area contributed by atoms with Gasteiger partial charge < -0.3 is 20.1 Å². The van der Waals surface area contributed by atoms with Gasteiger partial charge in [-0.3, -0.25) is 19.2 Å². The van der Waals surface area contributed by atoms with Crippen LogP contribution < -0.4 is 0 Å². The van der Waals surface area contributed by atoms with Crippen molar-refractivity contribution in [3.8, 4) is 0 Å². The Morgan fingerprint density at radius 3 is 1.62 bits per heavy atom. The molecule has 0 fully saturated rings. The molecule has 0 aromatic heterocycles. The molecule has 16 heavy (non-hydrogen) atoms. The molecule has 0 aromatic rings. The lowest BCUT2D eigenvalue weighted by Gasteiger charge is -2.25. The number of esters is 1. The number of rotatable bonds is 5. The van der Waals surface area contributed by atoms with Gasteiger partial charge in [0.25, 0.3) is 0 Å². The van der Waals surface area contributed by atoms with Crippen LogP contribution in [0.1, 0.15) is 6.92 Å². The van der Waals surface area contributed by atoms with E-state index in [0.717, 1.165) is 7.11 Å². The third-order valence-electron chi connectivity index (χ3n) is 2.12. The average molecular weight is 234 g/mol. The van der Waals surface area contributed by atoms with Gasteiger partial charge in [0.2, 0.25) is 0 Å². The lowest BCUT2D eigenvalue weighted by atomic mass is 9.77. The Bertz CT molecular complexity index is 332. The van der Waals surface area contributed by atoms with Crippen LogP contribution in [0.15, 0.2) is 0 Å². The van der Waals surface area contributed by atoms with E-state index in [1.165, 1.54) is 0 Å². The summed E-state index contributed by atoms with van der Waals surface area (Å²) in [6.07, 6.45) is 0. The Hall–Kier alpha value is -2.12. The molecule has 0 rings (SSSR count). The fourth-order valence-electron chi connectivity index (χ4n) is 1.14. The minimum Gasteiger partial charge on any atom is -0.481 e. The summed E-state index contributed by atoms with van der Waals surface area (Å²) in [5.74, 6) is -9.59. The quantitative estimate of drug-likeness (QED) is 0.408. The summed E-state index contributed by atoms with van der Waals surface area (Å²) in [5, 5.41) is 26.0. The van der Waals surface area contributed by atoms with E-state index in [-0.39, 0.29) is 0 Å². The topological polar surface area (TPSA) is 138 Å². The van der Waals surface area contributed by atoms with Crippen LogP contribution in [0.4, 0.5) is 0 Å². The Morgan fingerprint density at radius 2 is 1.44 bits per heavy atom. The number of hydrogen-bond donors (Lipinski definition) is 3. The highest BCUT2D eigenvalue weighted by Gasteiger charge is 2.57. The van der Waals surface area contributed by atoms with Gasteiger partial charge in [-0.05, 0) is 6.92 Å². The molecule has 8 nitrogen and oxygen atoms in total. The van der Waals surface area contributed by atoms with Crippen LogP contribution in [0.2, 0.25) is 0 Å². The van der Waals surface area contributed by atoms with Gasteiger partial charge >= 0.3 is 23.9 Å². The molecular weight excluding hydrogens is 224 g/mol. The van der Waals surface area contributed by atoms with Gasteiger partial charge in [0.05, 0.1) is 7.11 Å². The van der Waals surface area contributed by atoms with E-state index in [1.807, 2.05) is 0 Å². The molecule has 0 unspecified atom stereocenters. The predicted octanol–water partition coefficient (Wildman–Crippen LogP) is -0.964. The van der Waals surface area contributed by atoms with E-state index < -0.39 is 35.2 Å². The Labute approximate surface area is 89.4 Å². The molecule has 3 N–H and O–H groups in total. The second-order valence-corrected chi connectivity index (χ2v) is 3.11. The largest absolute Gasteiger partial charge is 0.481 e. The predicted molar refractivity (Wildman–Crippen MR) is 46.5 cm³/mol. The van der Waals surface area contributed by atoms with Crippen molar-refractivity contribution in [2.75, 3.05) is 7.11 Å². The van der Waals surface area contributed by atoms with Crippen molar-refractivity contribution in [1.82, 2.24) is 0 Å². The highest BCUT2D eigenvalue weighted by atomic mass is 16.5. The number of hydrogen-bond acceptors (Lipinski definition) is 5. The molecular formula is C8H10O8. The molecule has 0 radical (unpaired) electrons. The average Bonchev–Trinajstić information content (AvgIpc) is 2.14. The summed E-state index contributed by atoms with van der Waals surface area (Å²) < 4.78 is 4.11. The first kappa shape index (κ1) is 13.9. The highest BCUT2D eigenvalue weighted by Crippen LogP contribution is 2.30. The Balaban J connectivity index is 5.66. The van der Waals surface area contributed by atoms with Crippen molar-refractivity contribution in [3.63, 3.8) is 0 Å². The van der Waals surface area contributed by atoms with Gasteiger partial charge in [-0.15, -0.1) is 0 Å². The van der Waals surface area contributed by atoms with E-state index in [4.69, 9.17) is 15.3 Å². The van der Waals surface area contributed by atoms with Crippen molar-refractivity contribution in [3.05, 3.63) is 0 Å². The summed E-state index contributed by atoms with van der Waals surface area (Å²) in [4.78, 5) is 43.4. The third-order valence-corrected chi connectivity index (χ3v) is 2.12. The van der Waals surface area contributed by atoms with Crippen LogP contribution in [0.25, 0.3) is 0 Å². The molecule has 0 aliphatic heterocycles. The van der Waals surface area contributed by atoms with Crippen LogP contribution in [0, 0.1) is 11.3 Å². The smallest absolute Gasteiger partial charge is 0.324 e. The zero-order valence-electron chi connectivity index (χ0n) is 8.46. The summed E-state index contributed by atoms with van der Waals surface area (Å²) >= 11 is 0. The first-order valence-electron chi connectivity index (χ1n) is 3.97. The maximum atomic E-state index is 11.2. The first-order valence-corrected chi connectivity index (χ1v) is 3.97. The number of methoxy groups -OCH3 is 1. The Kier molecular flexibility index (Phi) is 3.99. The number of carbonyl (C=O) groups is 4. The van der Waals surface area contributed by atoms with Gasteiger partial charge in [-0.25, -0.2) is 0 Å². The zero-order chi connectivity index (χ0) is 13.1. The molecule has 0 heterocycles. The maximum absolute atomic E-state index is 11.2. The van der Waals surface area contributed by atoms with Crippen LogP contribution >= 0.6 is 0 Å². The van der Waals surface area contributed by atoms with Crippen molar-refractivity contribution in [2.24, 2.45) is 11.3 Å². The van der Waals surface area contributed by atoms with E-state index in [0.29, 0.717) is 6.92 Å². The van der Waals surface area contributed by atoms with Crippen LogP contribution in [0.5, 0.6) is 0 Å². The highest BCUT2D eigenvalue weighted by molar-refractivity contribution is 6.09. The molecule has 1 atom stereocenters. The molecule has 0 aliphatic carbocycles. The number of carbonyl (C=O) groups excluding carboxylic acids is 1. The van der Waals surface area contributed by atoms with Crippen LogP contribution in [-0.2, 0) is 23.9 Å². The molecule has 0 bridgehead atoms. The maximum Gasteiger partial charge on any atom is 0.324 e. The molecule has 0 saturated heterocycles. The Morgan fingerprint density at radius 1 is 1.06 bits per heavy atom. The van der Waals surface area contributed by atoms with E-state index in [2.05, 4.69) is 4.74 Å². The van der Waals surface area contributed by atoms with Gasteiger partial charge in [0.1, 0.15) is 0 Å². The van der Waals surface area contributed by atoms with Crippen molar-refractivity contribution in [1.29, 1.82) is 0 Å². The summed E-state index contributed by atoms with van der Waals surface area (Å²) in [6, 6.07) is 0. The van der Waals surface area contributed by atoms with Gasteiger partial charge in [-0.2, -0.15) is 0 Å². The molecule has 8 heteroatoms. The zero-order valence-corrected chi connectivity index (χ0v) is 8.46. The fourth-order valence-corrected chi connectivity index (χ4v) is 1.14. The van der Waals surface area contributed by atoms with Gasteiger partial charge in [0.15, 0.2) is 11.3 Å². The minimum absolute atomic E-state index is 0.689. The number of carboxylic acids is 3. The van der Waals surface area contributed by atoms with E-state index in [9.17, 15) is 19.2 Å². The monoisotopic (exact) mass is 234 g/mol. The van der Waals surface area contributed by atoms with Crippen LogP contribution in [-0.4, -0.2) is 46.3 Å². The van der Waals surface area contributed by atoms with Crippen molar-refractivity contribution < 1.29 is 39.2 Å². The molecule has 0 aromatic carbocycles. The third kappa shape index (κ3) is 2.10. The molecule has 0 saturated carbocycles. The summed E-state index contributed by atoms with van der Waals surface area (Å²) in [6.45, 7) is 0.689. The molecule has 0 aliphatic rings. The second kappa shape index (κ2) is 4.60. The molecule has 0 amide bonds. The minimum atomic E-state index is -2.67. The van der Waals surface area contributed by atoms with Gasteiger partial charge in [0, 0.05) is 0 Å².